The highest BCUT2D eigenvalue weighted by atomic mass is 16.4. The molecule has 1 aromatic carbocycles. The number of carboxylic acid groups (broad SMARTS) is 2. The highest BCUT2D eigenvalue weighted by molar-refractivity contribution is 5.85. The predicted octanol–water partition coefficient (Wildman–Crippen LogP) is -0.495. The average Bonchev–Trinajstić information content (AvgIpc) is 2.59. The first kappa shape index (κ1) is 23.1. The zero-order valence-corrected chi connectivity index (χ0v) is 15.4. The molecule has 0 aliphatic rings. The smallest absolute Gasteiger partial charge is 0.328 e. The van der Waals surface area contributed by atoms with E-state index >= 15 is 0 Å². The van der Waals surface area contributed by atoms with Crippen LogP contribution in [0.2, 0.25) is 0 Å². The van der Waals surface area contributed by atoms with Gasteiger partial charge in [-0.3, -0.25) is 19.4 Å². The summed E-state index contributed by atoms with van der Waals surface area (Å²) in [5.41, 5.74) is 8.17. The van der Waals surface area contributed by atoms with E-state index in [4.69, 9.17) is 5.73 Å². The number of carbonyl (C=O) groups excluding carboxylic acids is 2. The lowest BCUT2D eigenvalue weighted by Crippen LogP contribution is -2.58. The number of hydrogen-bond donors (Lipinski definition) is 5. The molecule has 0 bridgehead atoms. The van der Waals surface area contributed by atoms with E-state index in [0.717, 1.165) is 0 Å². The molecule has 1 aromatic rings. The fourth-order valence-corrected chi connectivity index (χ4v) is 2.53. The molecule has 0 fully saturated rings. The Hall–Kier alpha value is -2.98. The number of hydrazine groups is 1. The topological polar surface area (TPSA) is 170 Å². The lowest BCUT2D eigenvalue weighted by molar-refractivity contribution is -0.158. The molecule has 0 heterocycles. The first-order chi connectivity index (χ1) is 13.1. The Morgan fingerprint density at radius 1 is 1.11 bits per heavy atom. The van der Waals surface area contributed by atoms with Gasteiger partial charge in [-0.15, -0.1) is 0 Å². The van der Waals surface area contributed by atoms with Crippen LogP contribution in [0.1, 0.15) is 31.7 Å². The van der Waals surface area contributed by atoms with Crippen LogP contribution in [0.3, 0.4) is 0 Å². The van der Waals surface area contributed by atoms with E-state index < -0.39 is 48.4 Å². The van der Waals surface area contributed by atoms with Gasteiger partial charge in [-0.05, 0) is 18.9 Å². The Bertz CT molecular complexity index is 694. The molecular formula is C18H25N3O7. The van der Waals surface area contributed by atoms with Gasteiger partial charge in [0.25, 0.3) is 0 Å². The summed E-state index contributed by atoms with van der Waals surface area (Å²) in [5.74, 6) is -4.30. The van der Waals surface area contributed by atoms with E-state index in [0.29, 0.717) is 10.6 Å². The number of benzene rings is 1. The molecule has 154 valence electrons. The van der Waals surface area contributed by atoms with Crippen LogP contribution in [0.4, 0.5) is 0 Å². The molecule has 2 amide bonds. The van der Waals surface area contributed by atoms with E-state index in [1.165, 1.54) is 6.92 Å². The summed E-state index contributed by atoms with van der Waals surface area (Å²) in [4.78, 5) is 46.9. The molecule has 0 saturated carbocycles. The average molecular weight is 395 g/mol. The maximum atomic E-state index is 12.5. The third-order valence-corrected chi connectivity index (χ3v) is 3.88. The van der Waals surface area contributed by atoms with E-state index in [9.17, 15) is 34.5 Å². The Balaban J connectivity index is 3.12. The van der Waals surface area contributed by atoms with Gasteiger partial charge in [-0.1, -0.05) is 30.3 Å². The number of rotatable bonds is 12. The molecule has 0 aliphatic heterocycles. The summed E-state index contributed by atoms with van der Waals surface area (Å²) < 4.78 is 0. The molecule has 10 nitrogen and oxygen atoms in total. The number of nitrogens with one attached hydrogen (secondary N) is 1. The number of carbonyl (C=O) groups is 4. The summed E-state index contributed by atoms with van der Waals surface area (Å²) in [5, 5.41) is 29.1. The number of aliphatic hydroxyl groups is 1. The number of aliphatic hydroxyl groups excluding tert-OH is 1. The van der Waals surface area contributed by atoms with E-state index in [1.807, 2.05) is 0 Å². The van der Waals surface area contributed by atoms with Crippen molar-refractivity contribution < 1.29 is 34.5 Å². The zero-order chi connectivity index (χ0) is 21.3. The third-order valence-electron chi connectivity index (χ3n) is 3.88. The molecule has 3 atom stereocenters. The second-order valence-corrected chi connectivity index (χ2v) is 6.39. The van der Waals surface area contributed by atoms with Crippen molar-refractivity contribution in [2.45, 2.75) is 50.8 Å². The van der Waals surface area contributed by atoms with Crippen LogP contribution in [0, 0.1) is 0 Å². The number of amides is 2. The van der Waals surface area contributed by atoms with Crippen LogP contribution in [0.25, 0.3) is 0 Å². The molecule has 1 unspecified atom stereocenters. The summed E-state index contributed by atoms with van der Waals surface area (Å²) in [6.07, 6.45) is -2.13. The molecule has 28 heavy (non-hydrogen) atoms. The van der Waals surface area contributed by atoms with E-state index in [2.05, 4.69) is 5.43 Å². The Morgan fingerprint density at radius 2 is 1.71 bits per heavy atom. The van der Waals surface area contributed by atoms with Crippen molar-refractivity contribution in [3.63, 3.8) is 0 Å². The minimum atomic E-state index is -1.53. The molecule has 0 aliphatic carbocycles. The highest BCUT2D eigenvalue weighted by Gasteiger charge is 2.34. The number of aliphatic carboxylic acids is 2. The molecule has 0 aromatic heterocycles. The van der Waals surface area contributed by atoms with E-state index in [1.54, 1.807) is 30.3 Å². The summed E-state index contributed by atoms with van der Waals surface area (Å²) in [7, 11) is 0. The van der Waals surface area contributed by atoms with Crippen molar-refractivity contribution in [3.05, 3.63) is 35.9 Å². The van der Waals surface area contributed by atoms with Gasteiger partial charge in [0.2, 0.25) is 11.8 Å². The van der Waals surface area contributed by atoms with Crippen molar-refractivity contribution >= 4 is 23.8 Å². The van der Waals surface area contributed by atoms with Crippen LogP contribution >= 0.6 is 0 Å². The number of primary amides is 1. The van der Waals surface area contributed by atoms with Crippen LogP contribution in [0.5, 0.6) is 0 Å². The molecule has 0 radical (unpaired) electrons. The van der Waals surface area contributed by atoms with Gasteiger partial charge in [0.05, 0.1) is 12.5 Å². The summed E-state index contributed by atoms with van der Waals surface area (Å²) in [6.45, 7) is 1.34. The molecule has 0 spiro atoms. The van der Waals surface area contributed by atoms with Gasteiger partial charge in [-0.2, -0.15) is 0 Å². The van der Waals surface area contributed by atoms with Crippen molar-refractivity contribution in [2.75, 3.05) is 0 Å². The standard InChI is InChI=1S/C18H25N3O7/c1-11(22)9-16(24)21(14(18(27)28)7-8-15(19)23)20-13(17(25)26)10-12-5-3-2-4-6-12/h2-6,11,13-14,20,22H,7-10H2,1H3,(H2,19,23)(H,25,26)(H,27,28)/t11?,13-,14-/m0/s1. The number of hydrogen-bond acceptors (Lipinski definition) is 6. The first-order valence-corrected chi connectivity index (χ1v) is 8.66. The van der Waals surface area contributed by atoms with Crippen LogP contribution in [-0.2, 0) is 25.6 Å². The lowest BCUT2D eigenvalue weighted by atomic mass is 10.1. The predicted molar refractivity (Wildman–Crippen MR) is 97.7 cm³/mol. The van der Waals surface area contributed by atoms with Gasteiger partial charge in [0.15, 0.2) is 0 Å². The normalized spacial score (nSPS) is 13.9. The maximum Gasteiger partial charge on any atom is 0.328 e. The van der Waals surface area contributed by atoms with E-state index in [-0.39, 0.29) is 19.3 Å². The second-order valence-electron chi connectivity index (χ2n) is 6.39. The maximum absolute atomic E-state index is 12.5. The second kappa shape index (κ2) is 11.0. The number of nitrogens with zero attached hydrogens (tertiary/aromatic N) is 1. The molecule has 0 saturated heterocycles. The molecule has 1 rings (SSSR count). The van der Waals surface area contributed by atoms with Gasteiger partial charge >= 0.3 is 11.9 Å². The molecule has 10 heteroatoms. The number of carboxylic acids is 2. The summed E-state index contributed by atoms with van der Waals surface area (Å²) >= 11 is 0. The van der Waals surface area contributed by atoms with Crippen molar-refractivity contribution in [2.24, 2.45) is 5.73 Å². The van der Waals surface area contributed by atoms with Crippen LogP contribution < -0.4 is 11.2 Å². The number of nitrogens with two attached hydrogens (primary N) is 1. The SMILES string of the molecule is CC(O)CC(=O)N(N[C@@H](Cc1ccccc1)C(=O)O)[C@@H](CCC(N)=O)C(=O)O. The highest BCUT2D eigenvalue weighted by Crippen LogP contribution is 2.12. The third kappa shape index (κ3) is 7.72. The van der Waals surface area contributed by atoms with Gasteiger partial charge in [0, 0.05) is 12.8 Å². The minimum Gasteiger partial charge on any atom is -0.480 e. The largest absolute Gasteiger partial charge is 0.480 e. The Labute approximate surface area is 161 Å². The van der Waals surface area contributed by atoms with Gasteiger partial charge in [0.1, 0.15) is 12.1 Å². The fourth-order valence-electron chi connectivity index (χ4n) is 2.53. The van der Waals surface area contributed by atoms with Crippen LogP contribution in [-0.4, -0.2) is 62.3 Å². The zero-order valence-electron chi connectivity index (χ0n) is 15.4. The monoisotopic (exact) mass is 395 g/mol. The molecular weight excluding hydrogens is 370 g/mol. The van der Waals surface area contributed by atoms with Crippen molar-refractivity contribution in [1.82, 2.24) is 10.4 Å². The minimum absolute atomic E-state index is 0.0171. The van der Waals surface area contributed by atoms with Gasteiger partial charge in [-0.25, -0.2) is 10.2 Å². The van der Waals surface area contributed by atoms with Gasteiger partial charge < -0.3 is 21.1 Å². The molecule has 6 N–H and O–H groups in total. The lowest BCUT2D eigenvalue weighted by Gasteiger charge is -2.32. The van der Waals surface area contributed by atoms with Crippen LogP contribution in [0.15, 0.2) is 30.3 Å². The van der Waals surface area contributed by atoms with Crippen molar-refractivity contribution in [3.8, 4) is 0 Å². The first-order valence-electron chi connectivity index (χ1n) is 8.66. The Kier molecular flexibility index (Phi) is 9.06. The quantitative estimate of drug-likeness (QED) is 0.295. The Morgan fingerprint density at radius 3 is 2.18 bits per heavy atom. The summed E-state index contributed by atoms with van der Waals surface area (Å²) in [6, 6.07) is 5.75. The fraction of sp³-hybridized carbons (Fsp3) is 0.444. The van der Waals surface area contributed by atoms with Crippen molar-refractivity contribution in [1.29, 1.82) is 0 Å².